The molecule has 0 bridgehead atoms. The highest BCUT2D eigenvalue weighted by Crippen LogP contribution is 2.15. The maximum absolute atomic E-state index is 5.59. The zero-order chi connectivity index (χ0) is 13.0. The molecule has 0 radical (unpaired) electrons. The van der Waals surface area contributed by atoms with Crippen LogP contribution in [0.5, 0.6) is 0 Å². The van der Waals surface area contributed by atoms with Crippen molar-refractivity contribution in [2.24, 2.45) is 12.9 Å². The summed E-state index contributed by atoms with van der Waals surface area (Å²) in [6.45, 7) is 2.09. The maximum atomic E-state index is 5.59. The summed E-state index contributed by atoms with van der Waals surface area (Å²) >= 11 is 0. The maximum Gasteiger partial charge on any atom is 0.0773 e. The van der Waals surface area contributed by atoms with E-state index in [1.54, 1.807) is 18.6 Å². The second-order valence-corrected chi connectivity index (χ2v) is 4.16. The van der Waals surface area contributed by atoms with E-state index in [-0.39, 0.29) is 6.04 Å². The van der Waals surface area contributed by atoms with Crippen LogP contribution < -0.4 is 11.3 Å². The van der Waals surface area contributed by atoms with Crippen LogP contribution in [0, 0.1) is 0 Å². The van der Waals surface area contributed by atoms with Crippen LogP contribution >= 0.6 is 0 Å². The molecule has 2 rings (SSSR count). The van der Waals surface area contributed by atoms with Crippen molar-refractivity contribution in [2.75, 3.05) is 0 Å². The smallest absolute Gasteiger partial charge is 0.0773 e. The summed E-state index contributed by atoms with van der Waals surface area (Å²) in [5.41, 5.74) is 5.82. The Morgan fingerprint density at radius 1 is 1.44 bits per heavy atom. The van der Waals surface area contributed by atoms with Crippen LogP contribution in [0.1, 0.15) is 30.0 Å². The molecule has 0 aliphatic carbocycles. The molecule has 2 aromatic heterocycles. The molecule has 0 spiro atoms. The third-order valence-corrected chi connectivity index (χ3v) is 2.94. The lowest BCUT2D eigenvalue weighted by Gasteiger charge is -2.14. The summed E-state index contributed by atoms with van der Waals surface area (Å²) in [5.74, 6) is 5.59. The summed E-state index contributed by atoms with van der Waals surface area (Å²) in [5, 5.41) is 4.42. The second kappa shape index (κ2) is 5.70. The number of aromatic nitrogens is 4. The normalized spacial score (nSPS) is 12.6. The predicted molar refractivity (Wildman–Crippen MR) is 68.4 cm³/mol. The summed E-state index contributed by atoms with van der Waals surface area (Å²) in [7, 11) is 1.94. The first-order chi connectivity index (χ1) is 8.74. The number of hydrogen-bond donors (Lipinski definition) is 2. The van der Waals surface area contributed by atoms with Gasteiger partial charge in [-0.3, -0.25) is 25.9 Å². The van der Waals surface area contributed by atoms with E-state index in [9.17, 15) is 0 Å². The van der Waals surface area contributed by atoms with Crippen LogP contribution in [0.4, 0.5) is 0 Å². The Morgan fingerprint density at radius 3 is 2.83 bits per heavy atom. The van der Waals surface area contributed by atoms with E-state index < -0.39 is 0 Å². The molecule has 0 aliphatic heterocycles. The number of nitrogens with one attached hydrogen (secondary N) is 1. The second-order valence-electron chi connectivity index (χ2n) is 4.16. The lowest BCUT2D eigenvalue weighted by Crippen LogP contribution is -2.30. The van der Waals surface area contributed by atoms with Gasteiger partial charge in [-0.2, -0.15) is 5.10 Å². The first-order valence-corrected chi connectivity index (χ1v) is 5.98. The van der Waals surface area contributed by atoms with Crippen molar-refractivity contribution < 1.29 is 0 Å². The third kappa shape index (κ3) is 2.72. The molecular formula is C12H18N6. The molecule has 0 amide bonds. The standard InChI is InChI=1S/C12H18N6/c1-3-9-6-10(18(2)17-9)7-11(16-13)12-8-14-4-5-15-12/h4-6,8,11,16H,3,7,13H2,1-2H3. The number of nitrogens with two attached hydrogens (primary N) is 1. The van der Waals surface area contributed by atoms with E-state index >= 15 is 0 Å². The molecule has 1 unspecified atom stereocenters. The van der Waals surface area contributed by atoms with Crippen molar-refractivity contribution in [3.8, 4) is 0 Å². The largest absolute Gasteiger partial charge is 0.272 e. The highest BCUT2D eigenvalue weighted by Gasteiger charge is 2.15. The van der Waals surface area contributed by atoms with E-state index in [1.807, 2.05) is 11.7 Å². The Morgan fingerprint density at radius 2 is 2.28 bits per heavy atom. The third-order valence-electron chi connectivity index (χ3n) is 2.94. The zero-order valence-corrected chi connectivity index (χ0v) is 10.7. The van der Waals surface area contributed by atoms with E-state index in [0.29, 0.717) is 0 Å². The summed E-state index contributed by atoms with van der Waals surface area (Å²) in [6, 6.07) is 2.04. The molecule has 3 N–H and O–H groups in total. The Balaban J connectivity index is 2.18. The van der Waals surface area contributed by atoms with Gasteiger partial charge in [0.15, 0.2) is 0 Å². The monoisotopic (exact) mass is 246 g/mol. The SMILES string of the molecule is CCc1cc(CC(NN)c2cnccn2)n(C)n1. The molecule has 0 saturated heterocycles. The lowest BCUT2D eigenvalue weighted by atomic mass is 10.1. The van der Waals surface area contributed by atoms with Crippen LogP contribution in [0.25, 0.3) is 0 Å². The van der Waals surface area contributed by atoms with E-state index in [2.05, 4.69) is 33.5 Å². The van der Waals surface area contributed by atoms with Crippen molar-refractivity contribution in [3.63, 3.8) is 0 Å². The molecule has 0 aliphatic rings. The quantitative estimate of drug-likeness (QED) is 0.593. The van der Waals surface area contributed by atoms with Crippen LogP contribution in [-0.2, 0) is 19.9 Å². The van der Waals surface area contributed by atoms with Crippen molar-refractivity contribution in [1.29, 1.82) is 0 Å². The van der Waals surface area contributed by atoms with Gasteiger partial charge in [0.25, 0.3) is 0 Å². The van der Waals surface area contributed by atoms with Crippen LogP contribution in [0.2, 0.25) is 0 Å². The minimum Gasteiger partial charge on any atom is -0.272 e. The van der Waals surface area contributed by atoms with E-state index in [0.717, 1.165) is 29.9 Å². The first kappa shape index (κ1) is 12.7. The van der Waals surface area contributed by atoms with Crippen molar-refractivity contribution in [3.05, 3.63) is 41.7 Å². The van der Waals surface area contributed by atoms with Gasteiger partial charge in [0.2, 0.25) is 0 Å². The average Bonchev–Trinajstić information content (AvgIpc) is 2.77. The summed E-state index contributed by atoms with van der Waals surface area (Å²) < 4.78 is 1.89. The fraction of sp³-hybridized carbons (Fsp3) is 0.417. The molecule has 0 fully saturated rings. The Bertz CT molecular complexity index is 493. The molecule has 2 heterocycles. The van der Waals surface area contributed by atoms with E-state index in [1.165, 1.54) is 0 Å². The molecule has 96 valence electrons. The van der Waals surface area contributed by atoms with Gasteiger partial charge in [0.05, 0.1) is 23.6 Å². The fourth-order valence-electron chi connectivity index (χ4n) is 1.88. The van der Waals surface area contributed by atoms with Gasteiger partial charge in [0.1, 0.15) is 0 Å². The van der Waals surface area contributed by atoms with Gasteiger partial charge in [-0.05, 0) is 12.5 Å². The minimum atomic E-state index is -0.0567. The van der Waals surface area contributed by atoms with Gasteiger partial charge in [-0.15, -0.1) is 0 Å². The Hall–Kier alpha value is -1.79. The van der Waals surface area contributed by atoms with Gasteiger partial charge >= 0.3 is 0 Å². The highest BCUT2D eigenvalue weighted by atomic mass is 15.3. The van der Waals surface area contributed by atoms with Crippen molar-refractivity contribution in [2.45, 2.75) is 25.8 Å². The zero-order valence-electron chi connectivity index (χ0n) is 10.7. The number of aryl methyl sites for hydroxylation is 2. The van der Waals surface area contributed by atoms with E-state index in [4.69, 9.17) is 5.84 Å². The molecular weight excluding hydrogens is 228 g/mol. The topological polar surface area (TPSA) is 81.6 Å². The molecule has 1 atom stereocenters. The highest BCUT2D eigenvalue weighted by molar-refractivity contribution is 5.14. The van der Waals surface area contributed by atoms with Gasteiger partial charge < -0.3 is 0 Å². The summed E-state index contributed by atoms with van der Waals surface area (Å²) in [6.07, 6.45) is 6.71. The lowest BCUT2D eigenvalue weighted by molar-refractivity contribution is 0.516. The number of rotatable bonds is 5. The van der Waals surface area contributed by atoms with Crippen LogP contribution in [0.15, 0.2) is 24.7 Å². The molecule has 6 heteroatoms. The fourth-order valence-corrected chi connectivity index (χ4v) is 1.88. The van der Waals surface area contributed by atoms with Gasteiger partial charge in [-0.1, -0.05) is 6.92 Å². The number of nitrogens with zero attached hydrogens (tertiary/aromatic N) is 4. The Kier molecular flexibility index (Phi) is 4.01. The first-order valence-electron chi connectivity index (χ1n) is 5.98. The number of hydrogen-bond acceptors (Lipinski definition) is 5. The molecule has 2 aromatic rings. The van der Waals surface area contributed by atoms with Gasteiger partial charge in [0, 0.05) is 31.6 Å². The van der Waals surface area contributed by atoms with Gasteiger partial charge in [-0.25, -0.2) is 0 Å². The van der Waals surface area contributed by atoms with Crippen molar-refractivity contribution in [1.82, 2.24) is 25.2 Å². The van der Waals surface area contributed by atoms with Crippen molar-refractivity contribution >= 4 is 0 Å². The average molecular weight is 246 g/mol. The molecule has 18 heavy (non-hydrogen) atoms. The molecule has 0 aromatic carbocycles. The minimum absolute atomic E-state index is 0.0567. The van der Waals surface area contributed by atoms with Crippen LogP contribution in [-0.4, -0.2) is 19.7 Å². The Labute approximate surface area is 106 Å². The number of hydrazine groups is 1. The van der Waals surface area contributed by atoms with Crippen LogP contribution in [0.3, 0.4) is 0 Å². The molecule has 0 saturated carbocycles. The predicted octanol–water partition coefficient (Wildman–Crippen LogP) is 0.520. The molecule has 6 nitrogen and oxygen atoms in total. The summed E-state index contributed by atoms with van der Waals surface area (Å²) in [4.78, 5) is 8.33.